The largest absolute Gasteiger partial charge is 0.495 e. The highest BCUT2D eigenvalue weighted by Crippen LogP contribution is 2.60. The van der Waals surface area contributed by atoms with Gasteiger partial charge in [-0.3, -0.25) is 10.1 Å². The zero-order valence-corrected chi connectivity index (χ0v) is 24.1. The third-order valence-electron chi connectivity index (χ3n) is 8.70. The Labute approximate surface area is 234 Å². The SMILES string of the molecule is COc1cc2cc(c1Cl)N(C)C(=O)C[C@H](O)[C@]1(C)C[C@@H]1[C@@H](C)[C@@H]1C[C@@](O)(NC(=O)O1)[C@H](OC)/C=C/C=C(\C)C2. The normalized spacial score (nSPS) is 37.6. The van der Waals surface area contributed by atoms with Crippen molar-refractivity contribution < 1.29 is 34.0 Å². The van der Waals surface area contributed by atoms with Gasteiger partial charge in [0.05, 0.1) is 25.3 Å². The number of ether oxygens (including phenoxy) is 3. The van der Waals surface area contributed by atoms with Crippen LogP contribution in [0.15, 0.2) is 35.9 Å². The van der Waals surface area contributed by atoms with E-state index in [-0.39, 0.29) is 30.6 Å². The standard InChI is InChI=1S/C29H39ClN2O7/c1-16-8-7-9-24(38-6)29(36)15-22(39-27(35)31-29)17(2)19-14-28(19,3)23(33)13-25(34)32(4)20-11-18(10-16)12-21(37-5)26(20)30/h7-9,11-12,17,19,22-24,33,36H,10,13-15H2,1-6H3,(H,31,35)/b9-7+,16-8+/t17-,19-,22+,23+,24-,28-,29+/m1/s1. The molecule has 0 radical (unpaired) electrons. The molecule has 1 aromatic rings. The predicted octanol–water partition coefficient (Wildman–Crippen LogP) is 3.99. The van der Waals surface area contributed by atoms with E-state index in [9.17, 15) is 19.8 Å². The summed E-state index contributed by atoms with van der Waals surface area (Å²) in [5, 5.41) is 25.5. The minimum absolute atomic E-state index is 0.0121. The van der Waals surface area contributed by atoms with E-state index in [4.69, 9.17) is 25.8 Å². The molecule has 39 heavy (non-hydrogen) atoms. The van der Waals surface area contributed by atoms with E-state index in [0.29, 0.717) is 29.3 Å². The molecule has 2 amide bonds. The lowest BCUT2D eigenvalue weighted by molar-refractivity contribution is -0.143. The van der Waals surface area contributed by atoms with Crippen molar-refractivity contribution in [2.45, 2.75) is 70.5 Å². The quantitative estimate of drug-likeness (QED) is 0.499. The van der Waals surface area contributed by atoms with Crippen molar-refractivity contribution >= 4 is 29.3 Å². The van der Waals surface area contributed by atoms with Gasteiger partial charge in [0.25, 0.3) is 0 Å². The highest BCUT2D eigenvalue weighted by Gasteiger charge is 2.60. The number of carbonyl (C=O) groups excluding carboxylic acids is 2. The summed E-state index contributed by atoms with van der Waals surface area (Å²) in [7, 11) is 4.64. The summed E-state index contributed by atoms with van der Waals surface area (Å²) in [6.07, 6.45) is 3.55. The third-order valence-corrected chi connectivity index (χ3v) is 9.08. The summed E-state index contributed by atoms with van der Waals surface area (Å²) < 4.78 is 16.7. The number of nitrogens with one attached hydrogen (secondary N) is 1. The van der Waals surface area contributed by atoms with Crippen molar-refractivity contribution in [3.05, 3.63) is 46.5 Å². The second kappa shape index (κ2) is 11.1. The van der Waals surface area contributed by atoms with Crippen LogP contribution < -0.4 is 15.0 Å². The summed E-state index contributed by atoms with van der Waals surface area (Å²) in [5.41, 5.74) is 0.158. The van der Waals surface area contributed by atoms with Gasteiger partial charge in [-0.25, -0.2) is 4.79 Å². The Morgan fingerprint density at radius 2 is 1.95 bits per heavy atom. The van der Waals surface area contributed by atoms with Crippen LogP contribution in [0.2, 0.25) is 5.02 Å². The number of methoxy groups -OCH3 is 2. The van der Waals surface area contributed by atoms with E-state index >= 15 is 0 Å². The Balaban J connectivity index is 1.74. The molecule has 9 nitrogen and oxygen atoms in total. The van der Waals surface area contributed by atoms with Crippen LogP contribution in [0.25, 0.3) is 0 Å². The summed E-state index contributed by atoms with van der Waals surface area (Å²) in [5.74, 6) is -0.00805. The maximum absolute atomic E-state index is 13.3. The van der Waals surface area contributed by atoms with Crippen LogP contribution in [-0.2, 0) is 20.7 Å². The molecule has 1 saturated carbocycles. The highest BCUT2D eigenvalue weighted by molar-refractivity contribution is 6.35. The van der Waals surface area contributed by atoms with Crippen LogP contribution in [0, 0.1) is 17.3 Å². The molecule has 2 aliphatic heterocycles. The van der Waals surface area contributed by atoms with Crippen molar-refractivity contribution in [1.29, 1.82) is 0 Å². The van der Waals surface area contributed by atoms with Crippen molar-refractivity contribution in [3.63, 3.8) is 0 Å². The molecule has 0 spiro atoms. The monoisotopic (exact) mass is 562 g/mol. The number of anilines is 1. The van der Waals surface area contributed by atoms with E-state index in [1.54, 1.807) is 19.2 Å². The van der Waals surface area contributed by atoms with Crippen LogP contribution in [0.1, 0.15) is 45.6 Å². The number of alkyl carbamates (subject to hydrolysis) is 1. The van der Waals surface area contributed by atoms with Gasteiger partial charge in [-0.2, -0.15) is 0 Å². The van der Waals surface area contributed by atoms with Gasteiger partial charge in [0.2, 0.25) is 5.91 Å². The first-order valence-corrected chi connectivity index (χ1v) is 13.6. The first-order chi connectivity index (χ1) is 18.3. The number of aliphatic hydroxyl groups excluding tert-OH is 1. The van der Waals surface area contributed by atoms with Gasteiger partial charge < -0.3 is 29.3 Å². The number of rotatable bonds is 2. The van der Waals surface area contributed by atoms with Crippen LogP contribution in [-0.4, -0.2) is 67.5 Å². The number of fused-ring (bicyclic) bond motifs is 5. The molecule has 3 N–H and O–H groups in total. The molecule has 10 heteroatoms. The number of allylic oxidation sites excluding steroid dienone is 3. The number of carbonyl (C=O) groups is 2. The van der Waals surface area contributed by atoms with Crippen LogP contribution >= 0.6 is 11.6 Å². The Hall–Kier alpha value is -2.59. The molecule has 3 aliphatic rings. The number of aliphatic hydroxyl groups is 2. The van der Waals surface area contributed by atoms with Crippen molar-refractivity contribution in [1.82, 2.24) is 5.32 Å². The Morgan fingerprint density at radius 1 is 1.23 bits per heavy atom. The lowest BCUT2D eigenvalue weighted by Gasteiger charge is -2.42. The number of nitrogens with zero attached hydrogens (tertiary/aromatic N) is 1. The minimum atomic E-state index is -1.68. The number of hydrogen-bond donors (Lipinski definition) is 3. The zero-order chi connectivity index (χ0) is 28.7. The molecular weight excluding hydrogens is 524 g/mol. The fourth-order valence-electron chi connectivity index (χ4n) is 6.00. The first kappa shape index (κ1) is 29.4. The van der Waals surface area contributed by atoms with E-state index < -0.39 is 35.5 Å². The van der Waals surface area contributed by atoms with Gasteiger partial charge in [-0.15, -0.1) is 0 Å². The van der Waals surface area contributed by atoms with E-state index in [1.807, 2.05) is 39.0 Å². The Kier molecular flexibility index (Phi) is 8.38. The molecule has 1 aromatic carbocycles. The Bertz CT molecular complexity index is 1190. The minimum Gasteiger partial charge on any atom is -0.495 e. The molecule has 2 heterocycles. The maximum atomic E-state index is 13.3. The van der Waals surface area contributed by atoms with Gasteiger partial charge >= 0.3 is 6.09 Å². The van der Waals surface area contributed by atoms with Crippen LogP contribution in [0.5, 0.6) is 5.75 Å². The molecule has 1 saturated heterocycles. The van der Waals surface area contributed by atoms with Gasteiger partial charge in [0, 0.05) is 20.6 Å². The number of hydrogen-bond acceptors (Lipinski definition) is 7. The smallest absolute Gasteiger partial charge is 0.409 e. The number of amides is 2. The first-order valence-electron chi connectivity index (χ1n) is 13.2. The van der Waals surface area contributed by atoms with Gasteiger partial charge in [-0.05, 0) is 54.7 Å². The molecule has 4 bridgehead atoms. The van der Waals surface area contributed by atoms with Gasteiger partial charge in [0.1, 0.15) is 23.0 Å². The second-order valence-corrected chi connectivity index (χ2v) is 11.8. The Morgan fingerprint density at radius 3 is 2.62 bits per heavy atom. The molecular formula is C29H39ClN2O7. The van der Waals surface area contributed by atoms with Crippen molar-refractivity contribution in [2.24, 2.45) is 17.3 Å². The zero-order valence-electron chi connectivity index (χ0n) is 23.4. The molecule has 1 aliphatic carbocycles. The van der Waals surface area contributed by atoms with E-state index in [2.05, 4.69) is 5.32 Å². The molecule has 7 atom stereocenters. The lowest BCUT2D eigenvalue weighted by Crippen LogP contribution is -2.63. The van der Waals surface area contributed by atoms with Crippen LogP contribution in [0.4, 0.5) is 10.5 Å². The summed E-state index contributed by atoms with van der Waals surface area (Å²) in [4.78, 5) is 27.3. The fourth-order valence-corrected chi connectivity index (χ4v) is 6.32. The molecule has 4 rings (SSSR count). The second-order valence-electron chi connectivity index (χ2n) is 11.4. The average Bonchev–Trinajstić information content (AvgIpc) is 3.58. The number of halogens is 1. The lowest BCUT2D eigenvalue weighted by atomic mass is 9.84. The summed E-state index contributed by atoms with van der Waals surface area (Å²) >= 11 is 6.60. The fraction of sp³-hybridized carbons (Fsp3) is 0.586. The summed E-state index contributed by atoms with van der Waals surface area (Å²) in [6, 6.07) is 3.68. The van der Waals surface area contributed by atoms with Crippen molar-refractivity contribution in [2.75, 3.05) is 26.2 Å². The molecule has 0 unspecified atom stereocenters. The third kappa shape index (κ3) is 5.82. The average molecular weight is 563 g/mol. The van der Waals surface area contributed by atoms with E-state index in [0.717, 1.165) is 11.1 Å². The molecule has 214 valence electrons. The topological polar surface area (TPSA) is 118 Å². The molecule has 0 aromatic heterocycles. The summed E-state index contributed by atoms with van der Waals surface area (Å²) in [6.45, 7) is 5.84. The predicted molar refractivity (Wildman–Crippen MR) is 148 cm³/mol. The van der Waals surface area contributed by atoms with Crippen LogP contribution in [0.3, 0.4) is 0 Å². The van der Waals surface area contributed by atoms with Gasteiger partial charge in [-0.1, -0.05) is 49.2 Å². The van der Waals surface area contributed by atoms with Crippen molar-refractivity contribution in [3.8, 4) is 5.75 Å². The molecule has 2 fully saturated rings. The maximum Gasteiger partial charge on any atom is 0.409 e. The van der Waals surface area contributed by atoms with E-state index in [1.165, 1.54) is 19.1 Å². The van der Waals surface area contributed by atoms with Gasteiger partial charge in [0.15, 0.2) is 5.72 Å². The highest BCUT2D eigenvalue weighted by atomic mass is 35.5. The number of benzene rings is 1.